The fraction of sp³-hybridized carbons (Fsp3) is 0.154. The van der Waals surface area contributed by atoms with Crippen LogP contribution in [0, 0.1) is 18.3 Å². The van der Waals surface area contributed by atoms with Crippen molar-refractivity contribution in [2.45, 2.75) is 11.3 Å². The van der Waals surface area contributed by atoms with Gasteiger partial charge in [0.1, 0.15) is 0 Å². The number of ketones is 1. The van der Waals surface area contributed by atoms with Gasteiger partial charge in [-0.3, -0.25) is 4.79 Å². The summed E-state index contributed by atoms with van der Waals surface area (Å²) in [5.74, 6) is 0.427. The van der Waals surface area contributed by atoms with E-state index in [9.17, 15) is 4.79 Å². The number of hydrogen-bond acceptors (Lipinski definition) is 5. The molecule has 1 aromatic carbocycles. The average Bonchev–Trinajstić information content (AvgIpc) is 2.82. The minimum atomic E-state index is 0.0531. The topological polar surface area (TPSA) is 53.8 Å². The molecule has 0 saturated heterocycles. The van der Waals surface area contributed by atoms with Gasteiger partial charge >= 0.3 is 0 Å². The van der Waals surface area contributed by atoms with Gasteiger partial charge in [0.05, 0.1) is 17.4 Å². The van der Waals surface area contributed by atoms with Crippen LogP contribution in [0.2, 0.25) is 0 Å². The predicted molar refractivity (Wildman–Crippen MR) is 73.1 cm³/mol. The van der Waals surface area contributed by atoms with E-state index in [1.165, 1.54) is 11.8 Å². The third-order valence-electron chi connectivity index (χ3n) is 2.26. The number of aromatic nitrogens is 1. The molecule has 18 heavy (non-hydrogen) atoms. The highest BCUT2D eigenvalue weighted by Crippen LogP contribution is 2.23. The van der Waals surface area contributed by atoms with Gasteiger partial charge in [-0.05, 0) is 19.1 Å². The van der Waals surface area contributed by atoms with Gasteiger partial charge in [0.2, 0.25) is 0 Å². The number of benzene rings is 1. The van der Waals surface area contributed by atoms with E-state index >= 15 is 0 Å². The summed E-state index contributed by atoms with van der Waals surface area (Å²) in [6, 6.07) is 8.72. The van der Waals surface area contributed by atoms with Crippen LogP contribution in [0.3, 0.4) is 0 Å². The van der Waals surface area contributed by atoms with Crippen molar-refractivity contribution in [3.8, 4) is 6.07 Å². The smallest absolute Gasteiger partial charge is 0.173 e. The van der Waals surface area contributed by atoms with Crippen molar-refractivity contribution in [3.63, 3.8) is 0 Å². The Hall–Kier alpha value is -1.64. The summed E-state index contributed by atoms with van der Waals surface area (Å²) in [5.41, 5.74) is 2.18. The zero-order chi connectivity index (χ0) is 13.0. The molecule has 2 aromatic rings. The van der Waals surface area contributed by atoms with Crippen LogP contribution in [-0.2, 0) is 0 Å². The molecular formula is C13H10N2OS2. The van der Waals surface area contributed by atoms with Crippen LogP contribution in [0.1, 0.15) is 21.6 Å². The second-order valence-corrected chi connectivity index (χ2v) is 5.74. The SMILES string of the molecule is Cc1csc(SCC(=O)c2ccc(C#N)cc2)n1. The van der Waals surface area contributed by atoms with Crippen molar-refractivity contribution in [3.05, 3.63) is 46.5 Å². The number of carbonyl (C=O) groups excluding carboxylic acids is 1. The van der Waals surface area contributed by atoms with Crippen molar-refractivity contribution in [1.29, 1.82) is 5.26 Å². The summed E-state index contributed by atoms with van der Waals surface area (Å²) in [4.78, 5) is 16.2. The Morgan fingerprint density at radius 3 is 2.72 bits per heavy atom. The fourth-order valence-electron chi connectivity index (χ4n) is 1.34. The molecule has 0 fully saturated rings. The minimum absolute atomic E-state index is 0.0531. The summed E-state index contributed by atoms with van der Waals surface area (Å²) < 4.78 is 0.912. The van der Waals surface area contributed by atoms with E-state index in [1.54, 1.807) is 35.6 Å². The molecule has 0 aliphatic rings. The summed E-state index contributed by atoms with van der Waals surface area (Å²) in [6.07, 6.45) is 0. The highest BCUT2D eigenvalue weighted by Gasteiger charge is 2.08. The molecule has 2 rings (SSSR count). The van der Waals surface area contributed by atoms with E-state index in [0.717, 1.165) is 10.0 Å². The summed E-state index contributed by atoms with van der Waals surface area (Å²) in [5, 5.41) is 10.6. The maximum atomic E-state index is 11.9. The molecule has 0 aliphatic heterocycles. The van der Waals surface area contributed by atoms with Crippen LogP contribution in [0.15, 0.2) is 34.0 Å². The number of rotatable bonds is 4. The maximum absolute atomic E-state index is 11.9. The highest BCUT2D eigenvalue weighted by atomic mass is 32.2. The quantitative estimate of drug-likeness (QED) is 0.634. The summed E-state index contributed by atoms with van der Waals surface area (Å²) >= 11 is 3.00. The van der Waals surface area contributed by atoms with Crippen LogP contribution in [-0.4, -0.2) is 16.5 Å². The Labute approximate surface area is 113 Å². The van der Waals surface area contributed by atoms with Crippen LogP contribution in [0.4, 0.5) is 0 Å². The van der Waals surface area contributed by atoms with Crippen molar-refractivity contribution < 1.29 is 4.79 Å². The number of thioether (sulfide) groups is 1. The van der Waals surface area contributed by atoms with Crippen molar-refractivity contribution in [2.24, 2.45) is 0 Å². The molecule has 0 saturated carbocycles. The molecule has 0 radical (unpaired) electrons. The number of nitriles is 1. The maximum Gasteiger partial charge on any atom is 0.173 e. The Bertz CT molecular complexity index is 596. The van der Waals surface area contributed by atoms with Crippen LogP contribution < -0.4 is 0 Å². The fourth-order valence-corrected chi connectivity index (χ4v) is 3.08. The highest BCUT2D eigenvalue weighted by molar-refractivity contribution is 8.01. The molecule has 1 heterocycles. The third-order valence-corrected chi connectivity index (χ3v) is 4.40. The van der Waals surface area contributed by atoms with Gasteiger partial charge < -0.3 is 0 Å². The molecule has 0 spiro atoms. The van der Waals surface area contributed by atoms with Crippen LogP contribution in [0.5, 0.6) is 0 Å². The molecule has 0 unspecified atom stereocenters. The van der Waals surface area contributed by atoms with E-state index in [1.807, 2.05) is 18.4 Å². The van der Waals surface area contributed by atoms with E-state index < -0.39 is 0 Å². The molecule has 3 nitrogen and oxygen atoms in total. The van der Waals surface area contributed by atoms with Gasteiger partial charge in [-0.15, -0.1) is 11.3 Å². The predicted octanol–water partition coefficient (Wildman–Crippen LogP) is 3.30. The first-order valence-corrected chi connectivity index (χ1v) is 7.14. The number of Topliss-reactive ketones (excluding diaryl/α,β-unsaturated/α-hetero) is 1. The second-order valence-electron chi connectivity index (χ2n) is 3.66. The Kier molecular flexibility index (Phi) is 4.13. The third kappa shape index (κ3) is 3.19. The van der Waals surface area contributed by atoms with Crippen LogP contribution in [0.25, 0.3) is 0 Å². The first kappa shape index (κ1) is 12.8. The molecule has 0 atom stereocenters. The van der Waals surface area contributed by atoms with Crippen molar-refractivity contribution >= 4 is 28.9 Å². The zero-order valence-corrected chi connectivity index (χ0v) is 11.3. The molecular weight excluding hydrogens is 264 g/mol. The van der Waals surface area contributed by atoms with Gasteiger partial charge in [0.25, 0.3) is 0 Å². The summed E-state index contributed by atoms with van der Waals surface area (Å²) in [6.45, 7) is 1.93. The number of hydrogen-bond donors (Lipinski definition) is 0. The van der Waals surface area contributed by atoms with Gasteiger partial charge in [0.15, 0.2) is 10.1 Å². The first-order chi connectivity index (χ1) is 8.69. The lowest BCUT2D eigenvalue weighted by Gasteiger charge is -1.99. The molecule has 1 aromatic heterocycles. The lowest BCUT2D eigenvalue weighted by Crippen LogP contribution is -2.01. The monoisotopic (exact) mass is 274 g/mol. The van der Waals surface area contributed by atoms with Gasteiger partial charge in [-0.1, -0.05) is 23.9 Å². The lowest BCUT2D eigenvalue weighted by molar-refractivity contribution is 0.102. The second kappa shape index (κ2) is 5.80. The number of thiazole rings is 1. The van der Waals surface area contributed by atoms with Gasteiger partial charge in [-0.2, -0.15) is 5.26 Å². The molecule has 90 valence electrons. The standard InChI is InChI=1S/C13H10N2OS2/c1-9-7-17-13(15-9)18-8-12(16)11-4-2-10(6-14)3-5-11/h2-5,7H,8H2,1H3. The molecule has 0 bridgehead atoms. The lowest BCUT2D eigenvalue weighted by atomic mass is 10.1. The van der Waals surface area contributed by atoms with E-state index in [4.69, 9.17) is 5.26 Å². The van der Waals surface area contributed by atoms with Gasteiger partial charge in [0, 0.05) is 16.6 Å². The average molecular weight is 274 g/mol. The van der Waals surface area contributed by atoms with Crippen molar-refractivity contribution in [2.75, 3.05) is 5.75 Å². The largest absolute Gasteiger partial charge is 0.293 e. The number of nitrogens with zero attached hydrogens (tertiary/aromatic N) is 2. The Morgan fingerprint density at radius 1 is 1.44 bits per heavy atom. The normalized spacial score (nSPS) is 10.0. The molecule has 0 N–H and O–H groups in total. The van der Waals surface area contributed by atoms with Crippen LogP contribution >= 0.6 is 23.1 Å². The molecule has 0 aliphatic carbocycles. The first-order valence-electron chi connectivity index (χ1n) is 5.27. The van der Waals surface area contributed by atoms with Gasteiger partial charge in [-0.25, -0.2) is 4.98 Å². The number of aryl methyl sites for hydroxylation is 1. The zero-order valence-electron chi connectivity index (χ0n) is 9.71. The van der Waals surface area contributed by atoms with E-state index in [2.05, 4.69) is 4.98 Å². The van der Waals surface area contributed by atoms with Crippen molar-refractivity contribution in [1.82, 2.24) is 4.98 Å². The summed E-state index contributed by atoms with van der Waals surface area (Å²) in [7, 11) is 0. The Balaban J connectivity index is 1.97. The molecule has 0 amide bonds. The van der Waals surface area contributed by atoms with E-state index in [-0.39, 0.29) is 5.78 Å². The Morgan fingerprint density at radius 2 is 2.17 bits per heavy atom. The minimum Gasteiger partial charge on any atom is -0.293 e. The molecule has 5 heteroatoms. The van der Waals surface area contributed by atoms with E-state index in [0.29, 0.717) is 16.9 Å². The number of carbonyl (C=O) groups is 1.